The molecule has 0 saturated carbocycles. The first kappa shape index (κ1) is 13.1. The van der Waals surface area contributed by atoms with Gasteiger partial charge < -0.3 is 20.4 Å². The summed E-state index contributed by atoms with van der Waals surface area (Å²) in [4.78, 5) is 18.6. The number of anilines is 2. The van der Waals surface area contributed by atoms with Crippen LogP contribution in [0.5, 0.6) is 0 Å². The molecule has 20 heavy (non-hydrogen) atoms. The van der Waals surface area contributed by atoms with Gasteiger partial charge in [-0.15, -0.1) is 0 Å². The zero-order chi connectivity index (χ0) is 13.9. The van der Waals surface area contributed by atoms with E-state index in [4.69, 9.17) is 5.73 Å². The molecular formula is C15H22N4O. The van der Waals surface area contributed by atoms with Crippen molar-refractivity contribution in [2.24, 2.45) is 0 Å². The Morgan fingerprint density at radius 2 is 1.40 bits per heavy atom. The van der Waals surface area contributed by atoms with Gasteiger partial charge in [-0.2, -0.15) is 0 Å². The summed E-state index contributed by atoms with van der Waals surface area (Å²) in [5.74, 6) is 0. The topological polar surface area (TPSA) is 52.8 Å². The van der Waals surface area contributed by atoms with Crippen molar-refractivity contribution in [3.63, 3.8) is 0 Å². The van der Waals surface area contributed by atoms with E-state index in [9.17, 15) is 4.79 Å². The third-order valence-corrected chi connectivity index (χ3v) is 4.19. The van der Waals surface area contributed by atoms with Gasteiger partial charge in [0.1, 0.15) is 0 Å². The Kier molecular flexibility index (Phi) is 3.67. The highest BCUT2D eigenvalue weighted by Gasteiger charge is 2.26. The van der Waals surface area contributed by atoms with Crippen LogP contribution in [-0.4, -0.2) is 55.1 Å². The smallest absolute Gasteiger partial charge is 0.320 e. The van der Waals surface area contributed by atoms with Crippen LogP contribution in [-0.2, 0) is 0 Å². The second kappa shape index (κ2) is 5.61. The van der Waals surface area contributed by atoms with E-state index in [0.717, 1.165) is 57.8 Å². The molecule has 3 rings (SSSR count). The van der Waals surface area contributed by atoms with Gasteiger partial charge in [0.05, 0.1) is 0 Å². The molecular weight excluding hydrogens is 252 g/mol. The molecule has 0 aliphatic carbocycles. The lowest BCUT2D eigenvalue weighted by Crippen LogP contribution is -2.52. The van der Waals surface area contributed by atoms with Gasteiger partial charge in [0.2, 0.25) is 0 Å². The van der Waals surface area contributed by atoms with Crippen LogP contribution in [0, 0.1) is 0 Å². The van der Waals surface area contributed by atoms with E-state index in [0.29, 0.717) is 0 Å². The molecule has 0 radical (unpaired) electrons. The van der Waals surface area contributed by atoms with Crippen molar-refractivity contribution in [3.05, 3.63) is 24.3 Å². The fourth-order valence-electron chi connectivity index (χ4n) is 2.95. The number of urea groups is 1. The van der Waals surface area contributed by atoms with E-state index in [-0.39, 0.29) is 6.03 Å². The number of hydrogen-bond acceptors (Lipinski definition) is 3. The van der Waals surface area contributed by atoms with Crippen molar-refractivity contribution in [2.45, 2.75) is 12.8 Å². The first-order valence-corrected chi connectivity index (χ1v) is 7.38. The summed E-state index contributed by atoms with van der Waals surface area (Å²) in [6, 6.07) is 8.17. The van der Waals surface area contributed by atoms with Gasteiger partial charge in [-0.1, -0.05) is 0 Å². The fraction of sp³-hybridized carbons (Fsp3) is 0.533. The van der Waals surface area contributed by atoms with Crippen LogP contribution in [0.1, 0.15) is 12.8 Å². The Hall–Kier alpha value is -1.91. The fourth-order valence-corrected chi connectivity index (χ4v) is 2.95. The van der Waals surface area contributed by atoms with Crippen LogP contribution in [0.15, 0.2) is 24.3 Å². The molecule has 2 amide bonds. The zero-order valence-electron chi connectivity index (χ0n) is 11.8. The number of nitrogens with two attached hydrogens (primary N) is 1. The number of nitrogens with zero attached hydrogens (tertiary/aromatic N) is 3. The number of hydrogen-bond donors (Lipinski definition) is 1. The molecule has 0 aromatic heterocycles. The summed E-state index contributed by atoms with van der Waals surface area (Å²) >= 11 is 0. The van der Waals surface area contributed by atoms with Crippen molar-refractivity contribution >= 4 is 17.4 Å². The molecule has 0 atom stereocenters. The summed E-state index contributed by atoms with van der Waals surface area (Å²) in [6.45, 7) is 5.25. The summed E-state index contributed by atoms with van der Waals surface area (Å²) in [7, 11) is 0. The molecule has 2 N–H and O–H groups in total. The quantitative estimate of drug-likeness (QED) is 0.792. The number of benzene rings is 1. The molecule has 108 valence electrons. The van der Waals surface area contributed by atoms with Gasteiger partial charge in [0.15, 0.2) is 0 Å². The molecule has 2 fully saturated rings. The number of likely N-dealkylation sites (tertiary alicyclic amines) is 1. The van der Waals surface area contributed by atoms with Gasteiger partial charge in [0, 0.05) is 50.6 Å². The highest BCUT2D eigenvalue weighted by molar-refractivity contribution is 5.75. The first-order valence-electron chi connectivity index (χ1n) is 7.38. The minimum Gasteiger partial charge on any atom is -0.399 e. The predicted octanol–water partition coefficient (Wildman–Crippen LogP) is 1.61. The van der Waals surface area contributed by atoms with Crippen LogP contribution in [0.3, 0.4) is 0 Å². The predicted molar refractivity (Wildman–Crippen MR) is 80.8 cm³/mol. The van der Waals surface area contributed by atoms with Gasteiger partial charge in [-0.05, 0) is 37.1 Å². The van der Waals surface area contributed by atoms with Gasteiger partial charge in [-0.25, -0.2) is 4.79 Å². The van der Waals surface area contributed by atoms with Crippen LogP contribution < -0.4 is 10.6 Å². The third kappa shape index (κ3) is 2.66. The number of piperazine rings is 1. The molecule has 2 aliphatic rings. The summed E-state index contributed by atoms with van der Waals surface area (Å²) in [6.07, 6.45) is 2.30. The SMILES string of the molecule is Nc1ccc(N2CCN(C(=O)N3CCCC3)CC2)cc1. The first-order chi connectivity index (χ1) is 9.74. The number of nitrogen functional groups attached to an aromatic ring is 1. The molecule has 0 unspecified atom stereocenters. The summed E-state index contributed by atoms with van der Waals surface area (Å²) in [5, 5.41) is 0. The Morgan fingerprint density at radius 3 is 2.00 bits per heavy atom. The molecule has 1 aromatic rings. The lowest BCUT2D eigenvalue weighted by atomic mass is 10.2. The molecule has 5 heteroatoms. The number of carbonyl (C=O) groups excluding carboxylic acids is 1. The van der Waals surface area contributed by atoms with Crippen molar-refractivity contribution in [3.8, 4) is 0 Å². The molecule has 5 nitrogen and oxygen atoms in total. The van der Waals surface area contributed by atoms with E-state index in [1.165, 1.54) is 5.69 Å². The second-order valence-electron chi connectivity index (χ2n) is 5.54. The van der Waals surface area contributed by atoms with Crippen LogP contribution >= 0.6 is 0 Å². The molecule has 1 aromatic carbocycles. The van der Waals surface area contributed by atoms with E-state index in [2.05, 4.69) is 4.90 Å². The third-order valence-electron chi connectivity index (χ3n) is 4.19. The van der Waals surface area contributed by atoms with Crippen LogP contribution in [0.2, 0.25) is 0 Å². The maximum atomic E-state index is 12.3. The Labute approximate surface area is 119 Å². The molecule has 0 bridgehead atoms. The highest BCUT2D eigenvalue weighted by Crippen LogP contribution is 2.19. The molecule has 0 spiro atoms. The number of amides is 2. The van der Waals surface area contributed by atoms with Crippen LogP contribution in [0.25, 0.3) is 0 Å². The summed E-state index contributed by atoms with van der Waals surface area (Å²) < 4.78 is 0. The monoisotopic (exact) mass is 274 g/mol. The minimum atomic E-state index is 0.222. The van der Waals surface area contributed by atoms with E-state index >= 15 is 0 Å². The van der Waals surface area contributed by atoms with Crippen LogP contribution in [0.4, 0.5) is 16.2 Å². The lowest BCUT2D eigenvalue weighted by Gasteiger charge is -2.37. The normalized spacial score (nSPS) is 19.5. The van der Waals surface area contributed by atoms with Gasteiger partial charge in [0.25, 0.3) is 0 Å². The average Bonchev–Trinajstić information content (AvgIpc) is 3.02. The Morgan fingerprint density at radius 1 is 0.850 bits per heavy atom. The maximum Gasteiger partial charge on any atom is 0.320 e. The largest absolute Gasteiger partial charge is 0.399 e. The Bertz CT molecular complexity index is 459. The maximum absolute atomic E-state index is 12.3. The molecule has 2 aliphatic heterocycles. The average molecular weight is 274 g/mol. The van der Waals surface area contributed by atoms with Crippen molar-refractivity contribution in [1.82, 2.24) is 9.80 Å². The number of rotatable bonds is 1. The van der Waals surface area contributed by atoms with E-state index in [1.54, 1.807) is 0 Å². The lowest BCUT2D eigenvalue weighted by molar-refractivity contribution is 0.159. The standard InChI is InChI=1S/C15H22N4O/c16-13-3-5-14(6-4-13)17-9-11-19(12-10-17)15(20)18-7-1-2-8-18/h3-6H,1-2,7-12,16H2. The Balaban J connectivity index is 1.56. The van der Waals surface area contributed by atoms with Crippen molar-refractivity contribution < 1.29 is 4.79 Å². The van der Waals surface area contributed by atoms with E-state index < -0.39 is 0 Å². The van der Waals surface area contributed by atoms with Gasteiger partial charge in [-0.3, -0.25) is 0 Å². The van der Waals surface area contributed by atoms with Crippen molar-refractivity contribution in [1.29, 1.82) is 0 Å². The number of carbonyl (C=O) groups is 1. The van der Waals surface area contributed by atoms with Gasteiger partial charge >= 0.3 is 6.03 Å². The minimum absolute atomic E-state index is 0.222. The highest BCUT2D eigenvalue weighted by atomic mass is 16.2. The second-order valence-corrected chi connectivity index (χ2v) is 5.54. The molecule has 2 heterocycles. The van der Waals surface area contributed by atoms with Crippen molar-refractivity contribution in [2.75, 3.05) is 49.9 Å². The molecule has 2 saturated heterocycles. The zero-order valence-corrected chi connectivity index (χ0v) is 11.8. The summed E-state index contributed by atoms with van der Waals surface area (Å²) in [5.41, 5.74) is 7.69. The van der Waals surface area contributed by atoms with E-state index in [1.807, 2.05) is 34.1 Å².